The summed E-state index contributed by atoms with van der Waals surface area (Å²) in [6, 6.07) is 9.02. The van der Waals surface area contributed by atoms with Crippen LogP contribution in [-0.2, 0) is 14.8 Å². The summed E-state index contributed by atoms with van der Waals surface area (Å²) < 4.78 is 25.6. The molecule has 5 nitrogen and oxygen atoms in total. The van der Waals surface area contributed by atoms with Crippen LogP contribution in [0.2, 0.25) is 10.0 Å². The van der Waals surface area contributed by atoms with Crippen molar-refractivity contribution >= 4 is 50.5 Å². The lowest BCUT2D eigenvalue weighted by atomic mass is 10.1. The average Bonchev–Trinajstić information content (AvgIpc) is 2.43. The van der Waals surface area contributed by atoms with Crippen LogP contribution >= 0.6 is 23.2 Å². The van der Waals surface area contributed by atoms with Crippen LogP contribution in [0, 0.1) is 13.8 Å². The monoisotopic (exact) mass is 414 g/mol. The van der Waals surface area contributed by atoms with Crippen molar-refractivity contribution in [1.82, 2.24) is 0 Å². The summed E-state index contributed by atoms with van der Waals surface area (Å²) in [7, 11) is -3.75. The number of carbonyl (C=O) groups is 1. The van der Waals surface area contributed by atoms with E-state index in [1.807, 2.05) is 32.0 Å². The maximum atomic E-state index is 12.7. The molecule has 0 unspecified atom stereocenters. The molecule has 1 N–H and O–H groups in total. The van der Waals surface area contributed by atoms with Gasteiger partial charge in [-0.1, -0.05) is 29.3 Å². The highest BCUT2D eigenvalue weighted by molar-refractivity contribution is 7.92. The van der Waals surface area contributed by atoms with Gasteiger partial charge in [-0.05, 0) is 62.2 Å². The van der Waals surface area contributed by atoms with Crippen LogP contribution in [-0.4, -0.2) is 26.6 Å². The second-order valence-corrected chi connectivity index (χ2v) is 8.96. The van der Waals surface area contributed by atoms with Crippen molar-refractivity contribution in [3.8, 4) is 0 Å². The smallest absolute Gasteiger partial charge is 0.247 e. The molecule has 0 aliphatic rings. The summed E-state index contributed by atoms with van der Waals surface area (Å²) in [5.41, 5.74) is 2.83. The molecule has 140 valence electrons. The Labute approximate surface area is 164 Å². The SMILES string of the molecule is Cc1cc(C)cc(NC(=O)[C@@H](C)N(c2cc(Cl)cc(Cl)c2)S(C)(=O)=O)c1. The first-order chi connectivity index (χ1) is 12.0. The van der Waals surface area contributed by atoms with Gasteiger partial charge in [-0.25, -0.2) is 8.42 Å². The third kappa shape index (κ3) is 5.13. The molecule has 26 heavy (non-hydrogen) atoms. The van der Waals surface area contributed by atoms with E-state index < -0.39 is 22.0 Å². The fraction of sp³-hybridized carbons (Fsp3) is 0.278. The van der Waals surface area contributed by atoms with Gasteiger partial charge in [-0.3, -0.25) is 9.10 Å². The third-order valence-electron chi connectivity index (χ3n) is 3.68. The summed E-state index contributed by atoms with van der Waals surface area (Å²) in [6.45, 7) is 5.35. The molecule has 0 heterocycles. The van der Waals surface area contributed by atoms with Crippen molar-refractivity contribution in [2.45, 2.75) is 26.8 Å². The number of anilines is 2. The van der Waals surface area contributed by atoms with Crippen molar-refractivity contribution in [1.29, 1.82) is 0 Å². The third-order valence-corrected chi connectivity index (χ3v) is 5.36. The Balaban J connectivity index is 2.37. The van der Waals surface area contributed by atoms with Crippen molar-refractivity contribution in [2.24, 2.45) is 0 Å². The Hall–Kier alpha value is -1.76. The Kier molecular flexibility index (Phi) is 6.21. The molecule has 0 aromatic heterocycles. The highest BCUT2D eigenvalue weighted by atomic mass is 35.5. The molecule has 0 saturated carbocycles. The molecular weight excluding hydrogens is 395 g/mol. The number of aryl methyl sites for hydroxylation is 2. The maximum Gasteiger partial charge on any atom is 0.247 e. The van der Waals surface area contributed by atoms with Gasteiger partial charge in [0.15, 0.2) is 0 Å². The van der Waals surface area contributed by atoms with E-state index >= 15 is 0 Å². The van der Waals surface area contributed by atoms with Crippen molar-refractivity contribution < 1.29 is 13.2 Å². The number of rotatable bonds is 5. The van der Waals surface area contributed by atoms with E-state index in [9.17, 15) is 13.2 Å². The molecular formula is C18H20Cl2N2O3S. The van der Waals surface area contributed by atoms with Gasteiger partial charge in [0.05, 0.1) is 11.9 Å². The Morgan fingerprint density at radius 2 is 1.50 bits per heavy atom. The summed E-state index contributed by atoms with van der Waals surface area (Å²) in [5, 5.41) is 3.33. The van der Waals surface area contributed by atoms with E-state index in [1.54, 1.807) is 0 Å². The quantitative estimate of drug-likeness (QED) is 0.787. The fourth-order valence-electron chi connectivity index (χ4n) is 2.77. The molecule has 0 aliphatic heterocycles. The number of hydrogen-bond acceptors (Lipinski definition) is 3. The Bertz CT molecular complexity index is 905. The van der Waals surface area contributed by atoms with Crippen molar-refractivity contribution in [2.75, 3.05) is 15.9 Å². The van der Waals surface area contributed by atoms with Gasteiger partial charge >= 0.3 is 0 Å². The number of halogens is 2. The first-order valence-electron chi connectivity index (χ1n) is 7.82. The van der Waals surface area contributed by atoms with E-state index in [4.69, 9.17) is 23.2 Å². The summed E-state index contributed by atoms with van der Waals surface area (Å²) in [4.78, 5) is 12.7. The normalized spacial score (nSPS) is 12.5. The standard InChI is InChI=1S/C18H20Cl2N2O3S/c1-11-5-12(2)7-16(6-11)21-18(23)13(3)22(26(4,24)25)17-9-14(19)8-15(20)10-17/h5-10,13H,1-4H3,(H,21,23)/t13-/m1/s1. The number of carbonyl (C=O) groups excluding carboxylic acids is 1. The van der Waals surface area contributed by atoms with Crippen LogP contribution < -0.4 is 9.62 Å². The van der Waals surface area contributed by atoms with Gasteiger partial charge in [0.2, 0.25) is 15.9 Å². The minimum absolute atomic E-state index is 0.230. The largest absolute Gasteiger partial charge is 0.324 e. The molecule has 1 atom stereocenters. The topological polar surface area (TPSA) is 66.5 Å². The number of benzene rings is 2. The zero-order valence-electron chi connectivity index (χ0n) is 14.9. The molecule has 0 spiro atoms. The maximum absolute atomic E-state index is 12.7. The van der Waals surface area contributed by atoms with Gasteiger partial charge in [-0.15, -0.1) is 0 Å². The first-order valence-corrected chi connectivity index (χ1v) is 10.4. The van der Waals surface area contributed by atoms with E-state index in [0.717, 1.165) is 21.7 Å². The van der Waals surface area contributed by atoms with E-state index in [0.29, 0.717) is 5.69 Å². The Morgan fingerprint density at radius 1 is 1.00 bits per heavy atom. The number of nitrogens with zero attached hydrogens (tertiary/aromatic N) is 1. The van der Waals surface area contributed by atoms with E-state index in [-0.39, 0.29) is 15.7 Å². The lowest BCUT2D eigenvalue weighted by Crippen LogP contribution is -2.45. The van der Waals surface area contributed by atoms with Crippen LogP contribution in [0.15, 0.2) is 36.4 Å². The number of hydrogen-bond donors (Lipinski definition) is 1. The average molecular weight is 415 g/mol. The van der Waals surface area contributed by atoms with Gasteiger partial charge in [0.1, 0.15) is 6.04 Å². The second-order valence-electron chi connectivity index (χ2n) is 6.23. The molecule has 0 fully saturated rings. The predicted molar refractivity (Wildman–Crippen MR) is 108 cm³/mol. The zero-order chi connectivity index (χ0) is 19.6. The lowest BCUT2D eigenvalue weighted by Gasteiger charge is -2.28. The highest BCUT2D eigenvalue weighted by Gasteiger charge is 2.29. The molecule has 0 aliphatic carbocycles. The first kappa shape index (κ1) is 20.6. The predicted octanol–water partition coefficient (Wildman–Crippen LogP) is 4.40. The number of amides is 1. The van der Waals surface area contributed by atoms with Crippen LogP contribution in [0.1, 0.15) is 18.1 Å². The zero-order valence-corrected chi connectivity index (χ0v) is 17.2. The molecule has 0 saturated heterocycles. The number of nitrogens with one attached hydrogen (secondary N) is 1. The summed E-state index contributed by atoms with van der Waals surface area (Å²) in [5.74, 6) is -0.462. The van der Waals surface area contributed by atoms with Crippen LogP contribution in [0.3, 0.4) is 0 Å². The van der Waals surface area contributed by atoms with E-state index in [2.05, 4.69) is 5.32 Å². The summed E-state index contributed by atoms with van der Waals surface area (Å²) >= 11 is 12.0. The molecule has 8 heteroatoms. The Morgan fingerprint density at radius 3 is 1.96 bits per heavy atom. The number of sulfonamides is 1. The van der Waals surface area contributed by atoms with Crippen LogP contribution in [0.4, 0.5) is 11.4 Å². The van der Waals surface area contributed by atoms with Crippen molar-refractivity contribution in [3.05, 3.63) is 57.6 Å². The molecule has 0 bridgehead atoms. The highest BCUT2D eigenvalue weighted by Crippen LogP contribution is 2.29. The van der Waals surface area contributed by atoms with E-state index in [1.165, 1.54) is 25.1 Å². The van der Waals surface area contributed by atoms with Crippen LogP contribution in [0.5, 0.6) is 0 Å². The minimum atomic E-state index is -3.75. The fourth-order valence-corrected chi connectivity index (χ4v) is 4.44. The molecule has 2 aromatic carbocycles. The van der Waals surface area contributed by atoms with Gasteiger partial charge in [0.25, 0.3) is 0 Å². The van der Waals surface area contributed by atoms with Crippen LogP contribution in [0.25, 0.3) is 0 Å². The molecule has 2 aromatic rings. The molecule has 2 rings (SSSR count). The molecule has 1 amide bonds. The minimum Gasteiger partial charge on any atom is -0.324 e. The molecule has 0 radical (unpaired) electrons. The second kappa shape index (κ2) is 7.86. The van der Waals surface area contributed by atoms with Crippen molar-refractivity contribution in [3.63, 3.8) is 0 Å². The lowest BCUT2D eigenvalue weighted by molar-refractivity contribution is -0.116. The van der Waals surface area contributed by atoms with Gasteiger partial charge < -0.3 is 5.32 Å². The van der Waals surface area contributed by atoms with Gasteiger partial charge in [-0.2, -0.15) is 0 Å². The summed E-state index contributed by atoms with van der Waals surface area (Å²) in [6.07, 6.45) is 1.03. The van der Waals surface area contributed by atoms with Gasteiger partial charge in [0, 0.05) is 15.7 Å².